The fourth-order valence-electron chi connectivity index (χ4n) is 4.14. The lowest BCUT2D eigenvalue weighted by atomic mass is 9.89. The Balaban J connectivity index is 1.28. The van der Waals surface area contributed by atoms with Gasteiger partial charge in [0.2, 0.25) is 0 Å². The summed E-state index contributed by atoms with van der Waals surface area (Å²) < 4.78 is 12.0. The summed E-state index contributed by atoms with van der Waals surface area (Å²) in [5.41, 5.74) is 2.54. The second kappa shape index (κ2) is 6.53. The highest BCUT2D eigenvalue weighted by Crippen LogP contribution is 2.36. The number of likely N-dealkylation sites (tertiary alicyclic amines) is 1. The first-order valence-corrected chi connectivity index (χ1v) is 9.55. The molecule has 26 heavy (non-hydrogen) atoms. The zero-order valence-corrected chi connectivity index (χ0v) is 15.2. The number of ether oxygens (including phenoxy) is 2. The van der Waals surface area contributed by atoms with Gasteiger partial charge < -0.3 is 14.5 Å². The first-order valence-electron chi connectivity index (χ1n) is 9.17. The van der Waals surface area contributed by atoms with E-state index in [1.807, 2.05) is 30.3 Å². The number of fused-ring (bicyclic) bond motifs is 2. The van der Waals surface area contributed by atoms with Crippen LogP contribution in [-0.2, 0) is 0 Å². The van der Waals surface area contributed by atoms with E-state index in [9.17, 15) is 0 Å². The van der Waals surface area contributed by atoms with E-state index in [2.05, 4.69) is 28.2 Å². The summed E-state index contributed by atoms with van der Waals surface area (Å²) >= 11 is 6.20. The third-order valence-electron chi connectivity index (χ3n) is 5.55. The molecular weight excluding hydrogens is 348 g/mol. The molecule has 0 bridgehead atoms. The zero-order valence-electron chi connectivity index (χ0n) is 14.5. The maximum absolute atomic E-state index is 6.20. The highest BCUT2D eigenvalue weighted by Gasteiger charge is 2.31. The minimum atomic E-state index is 0.00302. The average Bonchev–Trinajstić information content (AvgIpc) is 3.11. The van der Waals surface area contributed by atoms with Crippen LogP contribution in [0.3, 0.4) is 0 Å². The number of nitrogens with zero attached hydrogens (tertiary/aromatic N) is 1. The lowest BCUT2D eigenvalue weighted by molar-refractivity contribution is -0.0396. The van der Waals surface area contributed by atoms with Crippen molar-refractivity contribution >= 4 is 22.5 Å². The van der Waals surface area contributed by atoms with Crippen LogP contribution in [0.4, 0.5) is 0 Å². The molecular formula is C21H21ClN2O2. The number of H-pyrrole nitrogens is 1. The summed E-state index contributed by atoms with van der Waals surface area (Å²) in [5.74, 6) is 2.24. The summed E-state index contributed by atoms with van der Waals surface area (Å²) in [6.07, 6.45) is 4.38. The molecule has 2 aliphatic rings. The number of aromatic nitrogens is 1. The predicted molar refractivity (Wildman–Crippen MR) is 103 cm³/mol. The van der Waals surface area contributed by atoms with Crippen LogP contribution in [0.1, 0.15) is 24.3 Å². The molecule has 1 fully saturated rings. The van der Waals surface area contributed by atoms with E-state index in [0.29, 0.717) is 12.5 Å². The molecule has 2 aromatic carbocycles. The van der Waals surface area contributed by atoms with Crippen LogP contribution in [0, 0.1) is 0 Å². The Morgan fingerprint density at radius 2 is 1.85 bits per heavy atom. The predicted octanol–water partition coefficient (Wildman–Crippen LogP) is 4.80. The van der Waals surface area contributed by atoms with Gasteiger partial charge in [0.15, 0.2) is 17.7 Å². The monoisotopic (exact) mass is 368 g/mol. The molecule has 5 heteroatoms. The van der Waals surface area contributed by atoms with E-state index in [4.69, 9.17) is 21.1 Å². The van der Waals surface area contributed by atoms with Gasteiger partial charge in [-0.05, 0) is 54.7 Å². The number of hydrogen-bond donors (Lipinski definition) is 1. The quantitative estimate of drug-likeness (QED) is 0.706. The Hall–Kier alpha value is -2.17. The number of halogens is 1. The molecule has 0 saturated carbocycles. The third kappa shape index (κ3) is 2.83. The van der Waals surface area contributed by atoms with Gasteiger partial charge in [-0.25, -0.2) is 0 Å². The van der Waals surface area contributed by atoms with E-state index in [1.54, 1.807) is 0 Å². The Bertz CT molecular complexity index is 931. The molecule has 4 nitrogen and oxygen atoms in total. The van der Waals surface area contributed by atoms with Gasteiger partial charge in [0.25, 0.3) is 0 Å². The van der Waals surface area contributed by atoms with Crippen molar-refractivity contribution in [3.63, 3.8) is 0 Å². The highest BCUT2D eigenvalue weighted by molar-refractivity contribution is 6.31. The first kappa shape index (κ1) is 16.0. The molecule has 3 aromatic rings. The van der Waals surface area contributed by atoms with Crippen LogP contribution >= 0.6 is 11.6 Å². The normalized spacial score (nSPS) is 21.2. The molecule has 1 unspecified atom stereocenters. The van der Waals surface area contributed by atoms with Crippen molar-refractivity contribution in [2.24, 2.45) is 0 Å². The van der Waals surface area contributed by atoms with Crippen molar-refractivity contribution in [2.45, 2.75) is 25.0 Å². The van der Waals surface area contributed by atoms with Crippen LogP contribution in [0.25, 0.3) is 10.9 Å². The van der Waals surface area contributed by atoms with Gasteiger partial charge in [0.05, 0.1) is 0 Å². The van der Waals surface area contributed by atoms with Crippen molar-refractivity contribution in [1.82, 2.24) is 9.88 Å². The van der Waals surface area contributed by atoms with Gasteiger partial charge in [0.1, 0.15) is 6.61 Å². The number of benzene rings is 2. The first-order chi connectivity index (χ1) is 12.8. The number of rotatable bonds is 2. The SMILES string of the molecule is Clc1ccc2[nH]cc(C3CCN(C4COc5ccccc5O4)CC3)c2c1. The third-order valence-corrected chi connectivity index (χ3v) is 5.78. The van der Waals surface area contributed by atoms with Gasteiger partial charge in [-0.2, -0.15) is 0 Å². The number of aromatic amines is 1. The maximum Gasteiger partial charge on any atom is 0.187 e. The zero-order chi connectivity index (χ0) is 17.5. The minimum absolute atomic E-state index is 0.00302. The van der Waals surface area contributed by atoms with Crippen molar-refractivity contribution < 1.29 is 9.47 Å². The molecule has 0 radical (unpaired) electrons. The smallest absolute Gasteiger partial charge is 0.187 e. The van der Waals surface area contributed by atoms with Crippen molar-refractivity contribution in [2.75, 3.05) is 19.7 Å². The van der Waals surface area contributed by atoms with Crippen LogP contribution in [0.15, 0.2) is 48.7 Å². The van der Waals surface area contributed by atoms with Gasteiger partial charge in [-0.1, -0.05) is 23.7 Å². The van der Waals surface area contributed by atoms with E-state index in [0.717, 1.165) is 48.0 Å². The fourth-order valence-corrected chi connectivity index (χ4v) is 4.31. The number of para-hydroxylation sites is 2. The highest BCUT2D eigenvalue weighted by atomic mass is 35.5. The van der Waals surface area contributed by atoms with E-state index in [-0.39, 0.29) is 6.23 Å². The van der Waals surface area contributed by atoms with E-state index >= 15 is 0 Å². The van der Waals surface area contributed by atoms with Gasteiger partial charge in [0, 0.05) is 35.2 Å². The Morgan fingerprint density at radius 1 is 1.04 bits per heavy atom. The fraction of sp³-hybridized carbons (Fsp3) is 0.333. The standard InChI is InChI=1S/C21H21ClN2O2/c22-15-5-6-18-16(11-15)17(12-23-18)14-7-9-24(10-8-14)21-13-25-19-3-1-2-4-20(19)26-21/h1-6,11-12,14,21,23H,7-10,13H2. The second-order valence-electron chi connectivity index (χ2n) is 7.07. The molecule has 5 rings (SSSR count). The van der Waals surface area contributed by atoms with Crippen LogP contribution < -0.4 is 9.47 Å². The number of hydrogen-bond acceptors (Lipinski definition) is 3. The lowest BCUT2D eigenvalue weighted by Crippen LogP contribution is -2.48. The molecule has 1 aromatic heterocycles. The topological polar surface area (TPSA) is 37.5 Å². The van der Waals surface area contributed by atoms with Gasteiger partial charge in [-0.15, -0.1) is 0 Å². The number of piperidine rings is 1. The summed E-state index contributed by atoms with van der Waals surface area (Å²) in [4.78, 5) is 5.78. The second-order valence-corrected chi connectivity index (χ2v) is 7.51. The molecule has 0 amide bonds. The largest absolute Gasteiger partial charge is 0.484 e. The van der Waals surface area contributed by atoms with Crippen molar-refractivity contribution in [1.29, 1.82) is 0 Å². The van der Waals surface area contributed by atoms with Crippen molar-refractivity contribution in [3.05, 3.63) is 59.2 Å². The van der Waals surface area contributed by atoms with Crippen LogP contribution in [0.5, 0.6) is 11.5 Å². The lowest BCUT2D eigenvalue weighted by Gasteiger charge is -2.39. The molecule has 1 N–H and O–H groups in total. The molecule has 0 aliphatic carbocycles. The summed E-state index contributed by atoms with van der Waals surface area (Å²) in [7, 11) is 0. The van der Waals surface area contributed by atoms with E-state index < -0.39 is 0 Å². The van der Waals surface area contributed by atoms with E-state index in [1.165, 1.54) is 10.9 Å². The van der Waals surface area contributed by atoms with Gasteiger partial charge >= 0.3 is 0 Å². The minimum Gasteiger partial charge on any atom is -0.484 e. The van der Waals surface area contributed by atoms with Crippen LogP contribution in [0.2, 0.25) is 5.02 Å². The summed E-state index contributed by atoms with van der Waals surface area (Å²) in [6.45, 7) is 2.60. The summed E-state index contributed by atoms with van der Waals surface area (Å²) in [5, 5.41) is 2.05. The molecule has 134 valence electrons. The summed E-state index contributed by atoms with van der Waals surface area (Å²) in [6, 6.07) is 14.0. The molecule has 1 saturated heterocycles. The Labute approximate surface area is 157 Å². The average molecular weight is 369 g/mol. The Morgan fingerprint density at radius 3 is 2.69 bits per heavy atom. The van der Waals surface area contributed by atoms with Crippen LogP contribution in [-0.4, -0.2) is 35.8 Å². The molecule has 1 atom stereocenters. The molecule has 3 heterocycles. The molecule has 2 aliphatic heterocycles. The van der Waals surface area contributed by atoms with Gasteiger partial charge in [-0.3, -0.25) is 4.90 Å². The Kier molecular flexibility index (Phi) is 4.03. The van der Waals surface area contributed by atoms with Crippen molar-refractivity contribution in [3.8, 4) is 11.5 Å². The molecule has 0 spiro atoms. The maximum atomic E-state index is 6.20. The number of nitrogens with one attached hydrogen (secondary N) is 1.